The van der Waals surface area contributed by atoms with Crippen LogP contribution in [0.3, 0.4) is 0 Å². The van der Waals surface area contributed by atoms with Crippen molar-refractivity contribution in [2.24, 2.45) is 5.10 Å². The summed E-state index contributed by atoms with van der Waals surface area (Å²) in [7, 11) is 0. The average molecular weight is 312 g/mol. The summed E-state index contributed by atoms with van der Waals surface area (Å²) in [5.41, 5.74) is 3.25. The molecule has 1 atom stereocenters. The molecule has 1 N–H and O–H groups in total. The van der Waals surface area contributed by atoms with Crippen molar-refractivity contribution >= 4 is 12.1 Å². The molecule has 1 unspecified atom stereocenters. The number of rotatable bonds is 5. The Kier molecular flexibility index (Phi) is 4.42. The fraction of sp³-hybridized carbons (Fsp3) is 0.176. The summed E-state index contributed by atoms with van der Waals surface area (Å²) in [5.74, 6) is 1.68. The van der Waals surface area contributed by atoms with Crippen LogP contribution in [0.5, 0.6) is 17.2 Å². The number of fused-ring (bicyclic) bond motifs is 1. The smallest absolute Gasteiger partial charge is 0.280 e. The number of nitrogens with one attached hydrogen (secondary N) is 1. The monoisotopic (exact) mass is 312 g/mol. The summed E-state index contributed by atoms with van der Waals surface area (Å²) in [5, 5.41) is 3.93. The maximum absolute atomic E-state index is 11.9. The first-order chi connectivity index (χ1) is 11.2. The van der Waals surface area contributed by atoms with Gasteiger partial charge in [-0.15, -0.1) is 0 Å². The molecule has 3 rings (SSSR count). The lowest BCUT2D eigenvalue weighted by atomic mass is 10.2. The van der Waals surface area contributed by atoms with Crippen LogP contribution < -0.4 is 19.6 Å². The van der Waals surface area contributed by atoms with Crippen LogP contribution in [0, 0.1) is 0 Å². The maximum Gasteiger partial charge on any atom is 0.280 e. The van der Waals surface area contributed by atoms with Crippen LogP contribution in [0.4, 0.5) is 0 Å². The van der Waals surface area contributed by atoms with Gasteiger partial charge >= 0.3 is 0 Å². The summed E-state index contributed by atoms with van der Waals surface area (Å²) >= 11 is 0. The van der Waals surface area contributed by atoms with Gasteiger partial charge in [0.1, 0.15) is 5.75 Å². The molecule has 0 saturated heterocycles. The predicted molar refractivity (Wildman–Crippen MR) is 84.8 cm³/mol. The summed E-state index contributed by atoms with van der Waals surface area (Å²) in [6.45, 7) is 1.89. The molecule has 1 aliphatic rings. The third-order valence-corrected chi connectivity index (χ3v) is 3.21. The first-order valence-electron chi connectivity index (χ1n) is 7.16. The zero-order valence-electron chi connectivity index (χ0n) is 12.6. The molecule has 23 heavy (non-hydrogen) atoms. The van der Waals surface area contributed by atoms with Crippen molar-refractivity contribution in [3.05, 3.63) is 54.1 Å². The number of benzene rings is 2. The lowest BCUT2D eigenvalue weighted by molar-refractivity contribution is -0.127. The van der Waals surface area contributed by atoms with Gasteiger partial charge in [0.15, 0.2) is 17.6 Å². The van der Waals surface area contributed by atoms with E-state index < -0.39 is 6.10 Å². The van der Waals surface area contributed by atoms with Gasteiger partial charge in [-0.2, -0.15) is 5.10 Å². The number of carbonyl (C=O) groups is 1. The highest BCUT2D eigenvalue weighted by molar-refractivity contribution is 5.85. The summed E-state index contributed by atoms with van der Waals surface area (Å²) in [6, 6.07) is 14.6. The highest BCUT2D eigenvalue weighted by Crippen LogP contribution is 2.31. The molecule has 1 heterocycles. The van der Waals surface area contributed by atoms with Crippen molar-refractivity contribution in [3.63, 3.8) is 0 Å². The minimum atomic E-state index is -0.647. The van der Waals surface area contributed by atoms with Crippen LogP contribution in [0.1, 0.15) is 12.5 Å². The number of hydrazone groups is 1. The van der Waals surface area contributed by atoms with E-state index in [1.165, 1.54) is 6.21 Å². The van der Waals surface area contributed by atoms with Crippen molar-refractivity contribution in [3.8, 4) is 17.2 Å². The van der Waals surface area contributed by atoms with E-state index >= 15 is 0 Å². The highest BCUT2D eigenvalue weighted by Gasteiger charge is 2.14. The highest BCUT2D eigenvalue weighted by atomic mass is 16.7. The van der Waals surface area contributed by atoms with Gasteiger partial charge in [0.05, 0.1) is 6.21 Å². The summed E-state index contributed by atoms with van der Waals surface area (Å²) < 4.78 is 16.0. The van der Waals surface area contributed by atoms with E-state index in [-0.39, 0.29) is 12.7 Å². The molecule has 0 saturated carbocycles. The molecule has 0 spiro atoms. The first kappa shape index (κ1) is 14.9. The van der Waals surface area contributed by atoms with Gasteiger partial charge in [-0.3, -0.25) is 4.79 Å². The zero-order chi connectivity index (χ0) is 16.1. The Morgan fingerprint density at radius 3 is 2.83 bits per heavy atom. The van der Waals surface area contributed by atoms with Crippen molar-refractivity contribution in [1.29, 1.82) is 0 Å². The van der Waals surface area contributed by atoms with Crippen molar-refractivity contribution in [2.45, 2.75) is 13.0 Å². The van der Waals surface area contributed by atoms with E-state index in [1.54, 1.807) is 31.2 Å². The molecule has 0 aromatic heterocycles. The number of carbonyl (C=O) groups excluding carboxylic acids is 1. The third-order valence-electron chi connectivity index (χ3n) is 3.21. The second kappa shape index (κ2) is 6.83. The van der Waals surface area contributed by atoms with Gasteiger partial charge in [-0.05, 0) is 42.8 Å². The van der Waals surface area contributed by atoms with E-state index in [1.807, 2.05) is 24.3 Å². The SMILES string of the molecule is CC(Oc1ccccc1)C(=O)NN=Cc1ccc2c(c1)OCO2. The van der Waals surface area contributed by atoms with E-state index in [4.69, 9.17) is 14.2 Å². The number of para-hydroxylation sites is 1. The number of ether oxygens (including phenoxy) is 3. The number of hydrogen-bond acceptors (Lipinski definition) is 5. The molecule has 2 aromatic rings. The number of amides is 1. The first-order valence-corrected chi connectivity index (χ1v) is 7.16. The molecule has 6 heteroatoms. The van der Waals surface area contributed by atoms with Gasteiger partial charge in [-0.1, -0.05) is 18.2 Å². The van der Waals surface area contributed by atoms with Gasteiger partial charge in [0.2, 0.25) is 6.79 Å². The standard InChI is InChI=1S/C17H16N2O4/c1-12(23-14-5-3-2-4-6-14)17(20)19-18-10-13-7-8-15-16(9-13)22-11-21-15/h2-10,12H,11H2,1H3,(H,19,20). The molecule has 1 amide bonds. The predicted octanol–water partition coefficient (Wildman–Crippen LogP) is 2.33. The Bertz CT molecular complexity index is 716. The molecular weight excluding hydrogens is 296 g/mol. The van der Waals surface area contributed by atoms with Crippen LogP contribution >= 0.6 is 0 Å². The van der Waals surface area contributed by atoms with Crippen LogP contribution in [0.2, 0.25) is 0 Å². The Hall–Kier alpha value is -3.02. The molecule has 118 valence electrons. The fourth-order valence-corrected chi connectivity index (χ4v) is 2.01. The van der Waals surface area contributed by atoms with Crippen LogP contribution in [-0.4, -0.2) is 25.0 Å². The Morgan fingerprint density at radius 1 is 1.22 bits per heavy atom. The lowest BCUT2D eigenvalue weighted by Gasteiger charge is -2.12. The molecule has 2 aromatic carbocycles. The molecule has 0 fully saturated rings. The van der Waals surface area contributed by atoms with Crippen molar-refractivity contribution in [2.75, 3.05) is 6.79 Å². The molecule has 0 aliphatic carbocycles. The quantitative estimate of drug-likeness (QED) is 0.679. The van der Waals surface area contributed by atoms with Gasteiger partial charge < -0.3 is 14.2 Å². The largest absolute Gasteiger partial charge is 0.481 e. The molecule has 1 aliphatic heterocycles. The third kappa shape index (κ3) is 3.79. The van der Waals surface area contributed by atoms with Gasteiger partial charge in [-0.25, -0.2) is 5.43 Å². The summed E-state index contributed by atoms with van der Waals surface area (Å²) in [4.78, 5) is 11.9. The maximum atomic E-state index is 11.9. The average Bonchev–Trinajstić information content (AvgIpc) is 3.03. The van der Waals surface area contributed by atoms with Crippen LogP contribution in [-0.2, 0) is 4.79 Å². The zero-order valence-corrected chi connectivity index (χ0v) is 12.6. The molecule has 0 radical (unpaired) electrons. The fourth-order valence-electron chi connectivity index (χ4n) is 2.01. The summed E-state index contributed by atoms with van der Waals surface area (Å²) in [6.07, 6.45) is 0.890. The second-order valence-corrected chi connectivity index (χ2v) is 4.92. The van der Waals surface area contributed by atoms with Gasteiger partial charge in [0.25, 0.3) is 5.91 Å². The molecular formula is C17H16N2O4. The van der Waals surface area contributed by atoms with E-state index in [0.29, 0.717) is 17.2 Å². The minimum absolute atomic E-state index is 0.223. The normalized spacial score (nSPS) is 13.8. The Morgan fingerprint density at radius 2 is 2.00 bits per heavy atom. The second-order valence-electron chi connectivity index (χ2n) is 4.92. The Labute approximate surface area is 133 Å². The van der Waals surface area contributed by atoms with Gasteiger partial charge in [0, 0.05) is 0 Å². The molecule has 6 nitrogen and oxygen atoms in total. The molecule has 0 bridgehead atoms. The minimum Gasteiger partial charge on any atom is -0.481 e. The van der Waals surface area contributed by atoms with Crippen molar-refractivity contribution < 1.29 is 19.0 Å². The van der Waals surface area contributed by atoms with Crippen LogP contribution in [0.15, 0.2) is 53.6 Å². The lowest BCUT2D eigenvalue weighted by Crippen LogP contribution is -2.33. The van der Waals surface area contributed by atoms with Crippen molar-refractivity contribution in [1.82, 2.24) is 5.43 Å². The van der Waals surface area contributed by atoms with E-state index in [0.717, 1.165) is 5.56 Å². The van der Waals surface area contributed by atoms with E-state index in [2.05, 4.69) is 10.5 Å². The Balaban J connectivity index is 1.54. The topological polar surface area (TPSA) is 69.2 Å². The number of nitrogens with zero attached hydrogens (tertiary/aromatic N) is 1. The van der Waals surface area contributed by atoms with Crippen LogP contribution in [0.25, 0.3) is 0 Å². The number of hydrogen-bond donors (Lipinski definition) is 1. The van der Waals surface area contributed by atoms with E-state index in [9.17, 15) is 4.79 Å².